The van der Waals surface area contributed by atoms with Crippen LogP contribution < -0.4 is 5.32 Å². The molecule has 0 aromatic carbocycles. The zero-order chi connectivity index (χ0) is 12.5. The molecule has 0 aromatic heterocycles. The third-order valence-electron chi connectivity index (χ3n) is 3.85. The Hall–Kier alpha value is -0.650. The van der Waals surface area contributed by atoms with Crippen LogP contribution in [0.25, 0.3) is 0 Å². The van der Waals surface area contributed by atoms with Gasteiger partial charge in [-0.05, 0) is 26.8 Å². The van der Waals surface area contributed by atoms with Crippen LogP contribution in [0.3, 0.4) is 0 Å². The fourth-order valence-electron chi connectivity index (χ4n) is 2.75. The van der Waals surface area contributed by atoms with Crippen LogP contribution >= 0.6 is 0 Å². The highest BCUT2D eigenvalue weighted by atomic mass is 16.5. The molecule has 2 aliphatic rings. The minimum atomic E-state index is -0.633. The Labute approximate surface area is 102 Å². The van der Waals surface area contributed by atoms with Crippen molar-refractivity contribution in [3.63, 3.8) is 0 Å². The Morgan fingerprint density at radius 2 is 2.06 bits per heavy atom. The number of morpholine rings is 1. The second-order valence-corrected chi connectivity index (χ2v) is 5.23. The number of carbonyl (C=O) groups is 1. The third-order valence-corrected chi connectivity index (χ3v) is 3.85. The number of hydrogen-bond acceptors (Lipinski definition) is 5. The SMILES string of the molecule is CNC(C)(CN1CC2CCC(C1)O2)C(=O)OC. The summed E-state index contributed by atoms with van der Waals surface area (Å²) in [6, 6.07) is 0. The van der Waals surface area contributed by atoms with Crippen LogP contribution in [-0.4, -0.2) is 62.4 Å². The predicted molar refractivity (Wildman–Crippen MR) is 63.8 cm³/mol. The molecule has 2 fully saturated rings. The summed E-state index contributed by atoms with van der Waals surface area (Å²) >= 11 is 0. The van der Waals surface area contributed by atoms with Crippen molar-refractivity contribution in [2.45, 2.75) is 37.5 Å². The van der Waals surface area contributed by atoms with E-state index in [1.54, 1.807) is 7.05 Å². The molecule has 0 radical (unpaired) electrons. The lowest BCUT2D eigenvalue weighted by Crippen LogP contribution is -2.58. The molecule has 2 aliphatic heterocycles. The summed E-state index contributed by atoms with van der Waals surface area (Å²) in [6.45, 7) is 4.40. The van der Waals surface area contributed by atoms with E-state index >= 15 is 0 Å². The number of likely N-dealkylation sites (N-methyl/N-ethyl adjacent to an activating group) is 1. The lowest BCUT2D eigenvalue weighted by molar-refractivity contribution is -0.149. The summed E-state index contributed by atoms with van der Waals surface area (Å²) < 4.78 is 10.6. The average Bonchev–Trinajstić information content (AvgIpc) is 2.67. The van der Waals surface area contributed by atoms with E-state index in [0.717, 1.165) is 25.9 Å². The van der Waals surface area contributed by atoms with Gasteiger partial charge in [-0.2, -0.15) is 0 Å². The smallest absolute Gasteiger partial charge is 0.327 e. The largest absolute Gasteiger partial charge is 0.468 e. The van der Waals surface area contributed by atoms with Crippen LogP contribution in [0.1, 0.15) is 19.8 Å². The van der Waals surface area contributed by atoms with Crippen LogP contribution in [-0.2, 0) is 14.3 Å². The van der Waals surface area contributed by atoms with Gasteiger partial charge in [0.1, 0.15) is 5.54 Å². The van der Waals surface area contributed by atoms with E-state index in [4.69, 9.17) is 9.47 Å². The monoisotopic (exact) mass is 242 g/mol. The fourth-order valence-corrected chi connectivity index (χ4v) is 2.75. The van der Waals surface area contributed by atoms with E-state index in [0.29, 0.717) is 18.8 Å². The molecule has 0 spiro atoms. The molecule has 2 saturated heterocycles. The highest BCUT2D eigenvalue weighted by molar-refractivity contribution is 5.80. The Kier molecular flexibility index (Phi) is 3.70. The first-order valence-corrected chi connectivity index (χ1v) is 6.22. The highest BCUT2D eigenvalue weighted by Gasteiger charge is 2.40. The van der Waals surface area contributed by atoms with Gasteiger partial charge in [-0.1, -0.05) is 0 Å². The minimum absolute atomic E-state index is 0.209. The van der Waals surface area contributed by atoms with E-state index in [1.807, 2.05) is 6.92 Å². The van der Waals surface area contributed by atoms with Crippen LogP contribution in [0.15, 0.2) is 0 Å². The second kappa shape index (κ2) is 4.92. The third kappa shape index (κ3) is 2.61. The molecule has 2 heterocycles. The summed E-state index contributed by atoms with van der Waals surface area (Å²) in [5.74, 6) is -0.209. The molecule has 0 saturated carbocycles. The van der Waals surface area contributed by atoms with Crippen LogP contribution in [0, 0.1) is 0 Å². The molecule has 98 valence electrons. The van der Waals surface area contributed by atoms with Gasteiger partial charge in [0.05, 0.1) is 19.3 Å². The van der Waals surface area contributed by atoms with Gasteiger partial charge < -0.3 is 14.8 Å². The van der Waals surface area contributed by atoms with Crippen molar-refractivity contribution >= 4 is 5.97 Å². The highest BCUT2D eigenvalue weighted by Crippen LogP contribution is 2.27. The van der Waals surface area contributed by atoms with Gasteiger partial charge in [-0.25, -0.2) is 0 Å². The maximum atomic E-state index is 11.8. The van der Waals surface area contributed by atoms with Crippen LogP contribution in [0.2, 0.25) is 0 Å². The Morgan fingerprint density at radius 1 is 1.47 bits per heavy atom. The number of likely N-dealkylation sites (tertiary alicyclic amines) is 1. The molecule has 1 N–H and O–H groups in total. The first-order chi connectivity index (χ1) is 8.07. The topological polar surface area (TPSA) is 50.8 Å². The number of carbonyl (C=O) groups excluding carboxylic acids is 1. The van der Waals surface area contributed by atoms with Crippen molar-refractivity contribution in [1.29, 1.82) is 0 Å². The molecular weight excluding hydrogens is 220 g/mol. The zero-order valence-corrected chi connectivity index (χ0v) is 10.9. The molecule has 0 amide bonds. The molecule has 2 rings (SSSR count). The van der Waals surface area contributed by atoms with Gasteiger partial charge >= 0.3 is 5.97 Å². The number of hydrogen-bond donors (Lipinski definition) is 1. The average molecular weight is 242 g/mol. The van der Waals surface area contributed by atoms with Gasteiger partial charge in [0.25, 0.3) is 0 Å². The van der Waals surface area contributed by atoms with E-state index in [-0.39, 0.29) is 5.97 Å². The normalized spacial score (nSPS) is 32.2. The van der Waals surface area contributed by atoms with Crippen LogP contribution in [0.5, 0.6) is 0 Å². The van der Waals surface area contributed by atoms with E-state index in [1.165, 1.54) is 7.11 Å². The lowest BCUT2D eigenvalue weighted by atomic mass is 10.0. The molecule has 0 aromatic rings. The summed E-state index contributed by atoms with van der Waals surface area (Å²) in [7, 11) is 3.23. The lowest BCUT2D eigenvalue weighted by Gasteiger charge is -2.37. The van der Waals surface area contributed by atoms with Crippen molar-refractivity contribution in [2.24, 2.45) is 0 Å². The zero-order valence-electron chi connectivity index (χ0n) is 10.9. The standard InChI is InChI=1S/C12H22N2O3/c1-12(13-2,11(15)16-3)8-14-6-9-4-5-10(7-14)17-9/h9-10,13H,4-8H2,1-3H3. The summed E-state index contributed by atoms with van der Waals surface area (Å²) in [4.78, 5) is 14.1. The second-order valence-electron chi connectivity index (χ2n) is 5.23. The number of methoxy groups -OCH3 is 1. The number of nitrogens with one attached hydrogen (secondary N) is 1. The molecule has 3 unspecified atom stereocenters. The first kappa shape index (κ1) is 12.8. The maximum absolute atomic E-state index is 11.8. The van der Waals surface area contributed by atoms with E-state index < -0.39 is 5.54 Å². The summed E-state index contributed by atoms with van der Waals surface area (Å²) in [5, 5.41) is 3.07. The molecule has 17 heavy (non-hydrogen) atoms. The molecule has 0 aliphatic carbocycles. The number of esters is 1. The van der Waals surface area contributed by atoms with Gasteiger partial charge in [-0.3, -0.25) is 9.69 Å². The molecule has 3 atom stereocenters. The molecule has 2 bridgehead atoms. The van der Waals surface area contributed by atoms with E-state index in [2.05, 4.69) is 10.2 Å². The minimum Gasteiger partial charge on any atom is -0.468 e. The van der Waals surface area contributed by atoms with Crippen molar-refractivity contribution < 1.29 is 14.3 Å². The van der Waals surface area contributed by atoms with Crippen molar-refractivity contribution in [3.8, 4) is 0 Å². The van der Waals surface area contributed by atoms with Gasteiger partial charge in [0, 0.05) is 19.6 Å². The van der Waals surface area contributed by atoms with Gasteiger partial charge in [0.15, 0.2) is 0 Å². The summed E-state index contributed by atoms with van der Waals surface area (Å²) in [5.41, 5.74) is -0.633. The fraction of sp³-hybridized carbons (Fsp3) is 0.917. The van der Waals surface area contributed by atoms with Crippen molar-refractivity contribution in [2.75, 3.05) is 33.8 Å². The molecular formula is C12H22N2O3. The van der Waals surface area contributed by atoms with Gasteiger partial charge in [-0.15, -0.1) is 0 Å². The van der Waals surface area contributed by atoms with E-state index in [9.17, 15) is 4.79 Å². The number of rotatable bonds is 4. The number of ether oxygens (including phenoxy) is 2. The summed E-state index contributed by atoms with van der Waals surface area (Å²) in [6.07, 6.45) is 3.01. The van der Waals surface area contributed by atoms with Crippen molar-refractivity contribution in [1.82, 2.24) is 10.2 Å². The van der Waals surface area contributed by atoms with Crippen LogP contribution in [0.4, 0.5) is 0 Å². The number of fused-ring (bicyclic) bond motifs is 2. The number of nitrogens with zero attached hydrogens (tertiary/aromatic N) is 1. The Balaban J connectivity index is 1.97. The van der Waals surface area contributed by atoms with Crippen molar-refractivity contribution in [3.05, 3.63) is 0 Å². The maximum Gasteiger partial charge on any atom is 0.327 e. The Bertz CT molecular complexity index is 285. The van der Waals surface area contributed by atoms with Gasteiger partial charge in [0.2, 0.25) is 0 Å². The first-order valence-electron chi connectivity index (χ1n) is 6.22. The molecule has 5 nitrogen and oxygen atoms in total. The predicted octanol–water partition coefficient (Wildman–Crippen LogP) is 0.000700. The quantitative estimate of drug-likeness (QED) is 0.703. The molecule has 5 heteroatoms. The Morgan fingerprint density at radius 3 is 2.53 bits per heavy atom.